The average Bonchev–Trinajstić information content (AvgIpc) is 4.08. The SMILES string of the molecule is COCOc1ccc(/C=C/c2nccs2)cc1OCOC.COCOc1ccc(CP(Br)(c2ccccc2)(c2ccccc2)c2ccccc2)cc1OCOC.O=Cc1nccs1. The number of carbonyl (C=O) groups excluding carboxylic acids is 1. The third kappa shape index (κ3) is 13.6. The third-order valence-electron chi connectivity index (χ3n) is 9.09. The minimum absolute atomic E-state index is 0.126. The van der Waals surface area contributed by atoms with Gasteiger partial charge >= 0.3 is 216 Å². The van der Waals surface area contributed by atoms with Gasteiger partial charge in [0, 0.05) is 37.4 Å². The van der Waals surface area contributed by atoms with Gasteiger partial charge in [0.15, 0.2) is 36.4 Å². The summed E-state index contributed by atoms with van der Waals surface area (Å²) >= 11 is 7.43. The molecule has 0 saturated heterocycles. The first-order valence-electron chi connectivity index (χ1n) is 19.4. The molecule has 0 fully saturated rings. The molecule has 0 N–H and O–H groups in total. The number of ether oxygens (including phenoxy) is 8. The second-order valence-electron chi connectivity index (χ2n) is 13.2. The van der Waals surface area contributed by atoms with Gasteiger partial charge in [0.2, 0.25) is 0 Å². The molecule has 7 aromatic rings. The van der Waals surface area contributed by atoms with Crippen molar-refractivity contribution in [3.63, 3.8) is 0 Å². The summed E-state index contributed by atoms with van der Waals surface area (Å²) in [4.78, 5) is 17.7. The smallest absolute Gasteiger partial charge is 0.178 e. The molecule has 0 atom stereocenters. The minimum atomic E-state index is -3.12. The summed E-state index contributed by atoms with van der Waals surface area (Å²) in [6.07, 6.45) is 8.80. The van der Waals surface area contributed by atoms with Crippen LogP contribution in [0.2, 0.25) is 0 Å². The van der Waals surface area contributed by atoms with Crippen LogP contribution in [0.15, 0.2) is 151 Å². The quantitative estimate of drug-likeness (QED) is 0.0413. The molecular formula is C48H50BrN2O9PS2. The second-order valence-corrected chi connectivity index (χ2v) is 24.0. The van der Waals surface area contributed by atoms with Crippen molar-refractivity contribution < 1.29 is 42.7 Å². The van der Waals surface area contributed by atoms with Crippen LogP contribution in [-0.4, -0.2) is 71.9 Å². The van der Waals surface area contributed by atoms with Gasteiger partial charge < -0.3 is 18.9 Å². The molecule has 0 saturated carbocycles. The first kappa shape index (κ1) is 48.7. The van der Waals surface area contributed by atoms with Crippen LogP contribution in [0, 0.1) is 0 Å². The molecule has 2 heterocycles. The zero-order valence-corrected chi connectivity index (χ0v) is 39.5. The standard InChI is InChI=1S/C29H30BrO4P.C15H17NO4S.C4H3NOS/c1-31-22-33-28-19-18-24(20-29(28)34-23-32-2)21-35(30,25-12-6-3-7-13-25,26-14-8-4-9-15-26)27-16-10-5-11-17-27;1-17-10-19-13-5-3-12(9-14(13)20-11-18-2)4-6-15-16-7-8-21-15;6-3-4-5-1-2-7-4/h3-20H,21-23H2,1-2H3;3-9H,10-11H2,1-2H3;1-3H/b;6-4+;. The van der Waals surface area contributed by atoms with Crippen LogP contribution in [-0.2, 0) is 25.1 Å². The van der Waals surface area contributed by atoms with Gasteiger partial charge in [-0.05, 0) is 23.8 Å². The van der Waals surface area contributed by atoms with Gasteiger partial charge in [-0.15, -0.1) is 22.7 Å². The fourth-order valence-electron chi connectivity index (χ4n) is 6.29. The molecule has 5 aromatic carbocycles. The van der Waals surface area contributed by atoms with Crippen molar-refractivity contribution in [3.8, 4) is 23.0 Å². The number of thiazole rings is 2. The molecule has 0 aliphatic carbocycles. The molecule has 330 valence electrons. The number of aromatic nitrogens is 2. The van der Waals surface area contributed by atoms with Crippen LogP contribution >= 0.6 is 43.5 Å². The summed E-state index contributed by atoms with van der Waals surface area (Å²) in [7, 11) is 6.34. The van der Waals surface area contributed by atoms with Gasteiger partial charge in [0.05, 0.1) is 0 Å². The predicted molar refractivity (Wildman–Crippen MR) is 259 cm³/mol. The van der Waals surface area contributed by atoms with Gasteiger partial charge in [0.1, 0.15) is 5.01 Å². The Morgan fingerprint density at radius 1 is 0.524 bits per heavy atom. The van der Waals surface area contributed by atoms with Gasteiger partial charge in [-0.2, -0.15) is 0 Å². The molecule has 7 rings (SSSR count). The molecule has 0 aliphatic rings. The first-order chi connectivity index (χ1) is 30.9. The van der Waals surface area contributed by atoms with E-state index < -0.39 is 5.31 Å². The van der Waals surface area contributed by atoms with Crippen molar-refractivity contribution in [2.24, 2.45) is 0 Å². The Labute approximate surface area is 384 Å². The fraction of sp³-hybridized carbons (Fsp3) is 0.188. The summed E-state index contributed by atoms with van der Waals surface area (Å²) in [6.45, 7) is 0.583. The number of methoxy groups -OCH3 is 4. The fourth-order valence-corrected chi connectivity index (χ4v) is 15.0. The number of carbonyl (C=O) groups is 1. The number of nitrogens with zero attached hydrogens (tertiary/aromatic N) is 2. The van der Waals surface area contributed by atoms with E-state index in [9.17, 15) is 4.79 Å². The monoisotopic (exact) mass is 972 g/mol. The molecule has 0 radical (unpaired) electrons. The summed E-state index contributed by atoms with van der Waals surface area (Å²) in [6, 6.07) is 43.9. The van der Waals surface area contributed by atoms with Gasteiger partial charge in [0.25, 0.3) is 0 Å². The molecule has 0 unspecified atom stereocenters. The van der Waals surface area contributed by atoms with E-state index in [2.05, 4.69) is 123 Å². The van der Waals surface area contributed by atoms with E-state index in [4.69, 9.17) is 37.9 Å². The van der Waals surface area contributed by atoms with E-state index >= 15 is 0 Å². The summed E-state index contributed by atoms with van der Waals surface area (Å²) in [5, 5.41) is 5.86. The van der Waals surface area contributed by atoms with Gasteiger partial charge in [-0.25, -0.2) is 9.97 Å². The van der Waals surface area contributed by atoms with Crippen molar-refractivity contribution in [1.82, 2.24) is 9.97 Å². The Balaban J connectivity index is 0.000000224. The number of benzene rings is 5. The predicted octanol–water partition coefficient (Wildman–Crippen LogP) is 10.2. The molecule has 0 spiro atoms. The van der Waals surface area contributed by atoms with Crippen LogP contribution in [0.1, 0.15) is 25.9 Å². The van der Waals surface area contributed by atoms with E-state index in [1.165, 1.54) is 27.3 Å². The summed E-state index contributed by atoms with van der Waals surface area (Å²) in [5.74, 6) is 2.45. The minimum Gasteiger partial charge on any atom is -0.295 e. The topological polar surface area (TPSA) is 117 Å². The van der Waals surface area contributed by atoms with E-state index in [0.29, 0.717) is 28.0 Å². The zero-order chi connectivity index (χ0) is 44.6. The maximum Gasteiger partial charge on any atom is 0.178 e. The van der Waals surface area contributed by atoms with Crippen LogP contribution in [0.3, 0.4) is 0 Å². The number of hydrogen-bond acceptors (Lipinski definition) is 13. The van der Waals surface area contributed by atoms with Crippen LogP contribution in [0.25, 0.3) is 12.2 Å². The number of aldehydes is 1. The second kappa shape index (κ2) is 25.7. The average molecular weight is 974 g/mol. The van der Waals surface area contributed by atoms with E-state index in [0.717, 1.165) is 28.6 Å². The molecule has 2 aromatic heterocycles. The van der Waals surface area contributed by atoms with Crippen molar-refractivity contribution in [2.45, 2.75) is 6.16 Å². The first-order valence-corrected chi connectivity index (χ1v) is 25.6. The molecule has 15 heteroatoms. The number of rotatable bonds is 20. The molecule has 0 aliphatic heterocycles. The number of halogens is 1. The Morgan fingerprint density at radius 3 is 1.37 bits per heavy atom. The maximum absolute atomic E-state index is 9.82. The summed E-state index contributed by atoms with van der Waals surface area (Å²) < 4.78 is 42.7. The van der Waals surface area contributed by atoms with Crippen LogP contribution in [0.5, 0.6) is 23.0 Å². The van der Waals surface area contributed by atoms with Crippen molar-refractivity contribution >= 4 is 77.8 Å². The number of hydrogen-bond donors (Lipinski definition) is 0. The Kier molecular flexibility index (Phi) is 19.9. The molecular weight excluding hydrogens is 924 g/mol. The van der Waals surface area contributed by atoms with Crippen LogP contribution < -0.4 is 34.9 Å². The molecule has 11 nitrogen and oxygen atoms in total. The van der Waals surface area contributed by atoms with Crippen molar-refractivity contribution in [1.29, 1.82) is 0 Å². The van der Waals surface area contributed by atoms with E-state index in [1.54, 1.807) is 57.5 Å². The molecule has 0 bridgehead atoms. The van der Waals surface area contributed by atoms with E-state index in [1.807, 2.05) is 47.9 Å². The van der Waals surface area contributed by atoms with Crippen LogP contribution in [0.4, 0.5) is 0 Å². The van der Waals surface area contributed by atoms with Gasteiger partial charge in [-0.1, -0.05) is 12.1 Å². The van der Waals surface area contributed by atoms with Crippen molar-refractivity contribution in [3.05, 3.63) is 172 Å². The Morgan fingerprint density at radius 2 is 0.952 bits per heavy atom. The van der Waals surface area contributed by atoms with E-state index in [-0.39, 0.29) is 27.2 Å². The third-order valence-corrected chi connectivity index (χ3v) is 20.1. The Hall–Kier alpha value is -5.28. The molecule has 63 heavy (non-hydrogen) atoms. The summed E-state index contributed by atoms with van der Waals surface area (Å²) in [5.41, 5.74) is 2.10. The molecule has 0 amide bonds. The normalized spacial score (nSPS) is 11.5. The Bertz CT molecular complexity index is 2290. The van der Waals surface area contributed by atoms with Crippen molar-refractivity contribution in [2.75, 3.05) is 55.6 Å². The maximum atomic E-state index is 9.82. The van der Waals surface area contributed by atoms with Gasteiger partial charge in [-0.3, -0.25) is 4.79 Å². The zero-order valence-electron chi connectivity index (χ0n) is 35.4. The largest absolute Gasteiger partial charge is 0.295 e.